The number of methoxy groups -OCH3 is 1. The quantitative estimate of drug-likeness (QED) is 0.622. The van der Waals surface area contributed by atoms with Crippen molar-refractivity contribution in [3.63, 3.8) is 0 Å². The molecule has 3 aliphatic rings. The molecular weight excluding hydrogens is 412 g/mol. The molecule has 1 aromatic heterocycles. The van der Waals surface area contributed by atoms with Crippen molar-refractivity contribution in [2.45, 2.75) is 36.2 Å². The first-order chi connectivity index (χ1) is 16.0. The molecule has 1 fully saturated rings. The standard InChI is InChI=1S/C28H28N2O3/c1-33-26(31)19-14-20(17-29-16-19)28(32)10-12-30(13-11-28)18-27-15-23(21-6-2-4-8-24(21)27)22-7-3-5-9-25(22)27/h2-9,14,16-17,23,32H,10-13,15,18H2,1H3. The minimum atomic E-state index is -0.977. The number of pyridine rings is 1. The second-order valence-corrected chi connectivity index (χ2v) is 9.77. The molecule has 33 heavy (non-hydrogen) atoms. The number of fused-ring (bicyclic) bond motifs is 8. The van der Waals surface area contributed by atoms with Crippen molar-refractivity contribution in [3.8, 4) is 0 Å². The minimum absolute atomic E-state index is 0.0274. The Bertz CT molecular complexity index is 1180. The van der Waals surface area contributed by atoms with Gasteiger partial charge in [-0.2, -0.15) is 0 Å². The molecule has 1 aliphatic heterocycles. The molecule has 2 aliphatic carbocycles. The molecule has 1 N–H and O–H groups in total. The predicted octanol–water partition coefficient (Wildman–Crippen LogP) is 3.99. The molecule has 1 saturated heterocycles. The molecule has 0 spiro atoms. The first-order valence-electron chi connectivity index (χ1n) is 11.7. The third kappa shape index (κ3) is 3.06. The van der Waals surface area contributed by atoms with E-state index in [1.807, 2.05) is 0 Å². The van der Waals surface area contributed by atoms with Crippen LogP contribution in [0.3, 0.4) is 0 Å². The second kappa shape index (κ2) is 7.51. The Hall–Kier alpha value is -3.02. The zero-order chi connectivity index (χ0) is 22.6. The van der Waals surface area contributed by atoms with E-state index >= 15 is 0 Å². The second-order valence-electron chi connectivity index (χ2n) is 9.77. The molecule has 2 aromatic carbocycles. The Labute approximate surface area is 194 Å². The zero-order valence-electron chi connectivity index (χ0n) is 18.8. The maximum atomic E-state index is 11.9. The molecule has 2 bridgehead atoms. The molecule has 5 nitrogen and oxygen atoms in total. The highest BCUT2D eigenvalue weighted by Gasteiger charge is 2.53. The van der Waals surface area contributed by atoms with Gasteiger partial charge in [-0.3, -0.25) is 4.98 Å². The van der Waals surface area contributed by atoms with E-state index in [-0.39, 0.29) is 5.41 Å². The highest BCUT2D eigenvalue weighted by atomic mass is 16.5. The molecule has 0 amide bonds. The van der Waals surface area contributed by atoms with E-state index in [4.69, 9.17) is 4.74 Å². The monoisotopic (exact) mass is 440 g/mol. The first-order valence-corrected chi connectivity index (χ1v) is 11.7. The van der Waals surface area contributed by atoms with Crippen LogP contribution in [-0.2, 0) is 15.8 Å². The van der Waals surface area contributed by atoms with Crippen molar-refractivity contribution >= 4 is 5.97 Å². The molecule has 0 radical (unpaired) electrons. The lowest BCUT2D eigenvalue weighted by molar-refractivity contribution is -0.0292. The van der Waals surface area contributed by atoms with E-state index in [0.29, 0.717) is 29.9 Å². The number of aliphatic hydroxyl groups is 1. The summed E-state index contributed by atoms with van der Waals surface area (Å²) in [5.41, 5.74) is 6.04. The summed E-state index contributed by atoms with van der Waals surface area (Å²) < 4.78 is 4.82. The van der Waals surface area contributed by atoms with Gasteiger partial charge in [-0.25, -0.2) is 4.79 Å². The van der Waals surface area contributed by atoms with Crippen molar-refractivity contribution in [3.05, 3.63) is 100 Å². The van der Waals surface area contributed by atoms with E-state index in [2.05, 4.69) is 58.4 Å². The van der Waals surface area contributed by atoms with Crippen LogP contribution in [0.25, 0.3) is 0 Å². The number of nitrogens with zero attached hydrogens (tertiary/aromatic N) is 2. The number of aromatic nitrogens is 1. The lowest BCUT2D eigenvalue weighted by Gasteiger charge is -2.42. The van der Waals surface area contributed by atoms with Crippen LogP contribution in [0.1, 0.15) is 63.4 Å². The third-order valence-electron chi connectivity index (χ3n) is 8.13. The van der Waals surface area contributed by atoms with Gasteiger partial charge in [0.05, 0.1) is 18.3 Å². The average molecular weight is 441 g/mol. The van der Waals surface area contributed by atoms with Crippen LogP contribution < -0.4 is 0 Å². The Morgan fingerprint density at radius 1 is 1.06 bits per heavy atom. The number of esters is 1. The molecular formula is C28H28N2O3. The molecule has 3 aromatic rings. The Kier molecular flexibility index (Phi) is 4.68. The number of carbonyl (C=O) groups excluding carboxylic acids is 1. The van der Waals surface area contributed by atoms with Crippen LogP contribution in [0.2, 0.25) is 0 Å². The van der Waals surface area contributed by atoms with Gasteiger partial charge < -0.3 is 14.7 Å². The molecule has 0 unspecified atom stereocenters. The maximum Gasteiger partial charge on any atom is 0.339 e. The highest BCUT2D eigenvalue weighted by molar-refractivity contribution is 5.89. The van der Waals surface area contributed by atoms with Crippen LogP contribution in [-0.4, -0.2) is 47.7 Å². The van der Waals surface area contributed by atoms with Gasteiger partial charge in [-0.05, 0) is 47.6 Å². The lowest BCUT2D eigenvalue weighted by atomic mass is 9.74. The SMILES string of the molecule is COC(=O)c1cncc(C2(O)CCN(CC34CC(c5ccccc53)c3ccccc34)CC2)c1. The van der Waals surface area contributed by atoms with E-state index in [1.165, 1.54) is 35.6 Å². The van der Waals surface area contributed by atoms with Gasteiger partial charge in [0.25, 0.3) is 0 Å². The van der Waals surface area contributed by atoms with Gasteiger partial charge in [-0.1, -0.05) is 48.5 Å². The van der Waals surface area contributed by atoms with Crippen molar-refractivity contribution in [2.75, 3.05) is 26.7 Å². The average Bonchev–Trinajstić information content (AvgIpc) is 3.37. The fraction of sp³-hybridized carbons (Fsp3) is 0.357. The van der Waals surface area contributed by atoms with Gasteiger partial charge >= 0.3 is 5.97 Å². The van der Waals surface area contributed by atoms with Crippen molar-refractivity contribution in [1.82, 2.24) is 9.88 Å². The lowest BCUT2D eigenvalue weighted by Crippen LogP contribution is -2.47. The van der Waals surface area contributed by atoms with Gasteiger partial charge in [0.2, 0.25) is 0 Å². The van der Waals surface area contributed by atoms with Gasteiger partial charge in [0, 0.05) is 48.9 Å². The summed E-state index contributed by atoms with van der Waals surface area (Å²) >= 11 is 0. The number of ether oxygens (including phenoxy) is 1. The molecule has 168 valence electrons. The van der Waals surface area contributed by atoms with E-state index in [9.17, 15) is 9.90 Å². The maximum absolute atomic E-state index is 11.9. The highest BCUT2D eigenvalue weighted by Crippen LogP contribution is 2.60. The molecule has 6 rings (SSSR count). The molecule has 2 heterocycles. The van der Waals surface area contributed by atoms with Crippen LogP contribution in [0.4, 0.5) is 0 Å². The molecule has 0 saturated carbocycles. The third-order valence-corrected chi connectivity index (χ3v) is 8.13. The summed E-state index contributed by atoms with van der Waals surface area (Å²) in [5.74, 6) is 0.0603. The van der Waals surface area contributed by atoms with Crippen molar-refractivity contribution in [1.29, 1.82) is 0 Å². The number of rotatable bonds is 4. The van der Waals surface area contributed by atoms with E-state index < -0.39 is 11.6 Å². The number of benzene rings is 2. The Morgan fingerprint density at radius 2 is 1.70 bits per heavy atom. The van der Waals surface area contributed by atoms with Crippen molar-refractivity contribution < 1.29 is 14.6 Å². The Morgan fingerprint density at radius 3 is 2.33 bits per heavy atom. The van der Waals surface area contributed by atoms with Crippen LogP contribution in [0.5, 0.6) is 0 Å². The number of hydrogen-bond acceptors (Lipinski definition) is 5. The predicted molar refractivity (Wildman–Crippen MR) is 125 cm³/mol. The normalized spacial score (nSPS) is 24.8. The summed E-state index contributed by atoms with van der Waals surface area (Å²) in [6.45, 7) is 2.57. The fourth-order valence-corrected chi connectivity index (χ4v) is 6.48. The Balaban J connectivity index is 1.25. The largest absolute Gasteiger partial charge is 0.465 e. The van der Waals surface area contributed by atoms with Gasteiger partial charge in [0.15, 0.2) is 0 Å². The smallest absolute Gasteiger partial charge is 0.339 e. The number of piperidine rings is 1. The summed E-state index contributed by atoms with van der Waals surface area (Å²) in [7, 11) is 1.36. The minimum Gasteiger partial charge on any atom is -0.465 e. The number of carbonyl (C=O) groups is 1. The summed E-state index contributed by atoms with van der Waals surface area (Å²) in [4.78, 5) is 18.6. The van der Waals surface area contributed by atoms with E-state index in [1.54, 1.807) is 12.3 Å². The molecule has 0 atom stereocenters. The number of likely N-dealkylation sites (tertiary alicyclic amines) is 1. The summed E-state index contributed by atoms with van der Waals surface area (Å²) in [6, 6.07) is 19.6. The summed E-state index contributed by atoms with van der Waals surface area (Å²) in [5, 5.41) is 11.4. The first kappa shape index (κ1) is 20.6. The zero-order valence-corrected chi connectivity index (χ0v) is 18.8. The fourth-order valence-electron chi connectivity index (χ4n) is 6.48. The van der Waals surface area contributed by atoms with Crippen LogP contribution in [0.15, 0.2) is 67.0 Å². The van der Waals surface area contributed by atoms with Gasteiger partial charge in [0.1, 0.15) is 0 Å². The van der Waals surface area contributed by atoms with Gasteiger partial charge in [-0.15, -0.1) is 0 Å². The summed E-state index contributed by atoms with van der Waals surface area (Å²) in [6.07, 6.45) is 5.52. The van der Waals surface area contributed by atoms with Crippen LogP contribution in [0, 0.1) is 0 Å². The van der Waals surface area contributed by atoms with Crippen molar-refractivity contribution in [2.24, 2.45) is 0 Å². The number of hydrogen-bond donors (Lipinski definition) is 1. The van der Waals surface area contributed by atoms with E-state index in [0.717, 1.165) is 26.1 Å². The van der Waals surface area contributed by atoms with Crippen LogP contribution >= 0.6 is 0 Å². The topological polar surface area (TPSA) is 62.7 Å². The molecule has 5 heteroatoms.